The minimum absolute atomic E-state index is 0.0281. The second kappa shape index (κ2) is 8.31. The van der Waals surface area contributed by atoms with E-state index >= 15 is 0 Å². The Hall–Kier alpha value is -3.52. The highest BCUT2D eigenvalue weighted by atomic mass is 35.5. The Balaban J connectivity index is 1.36. The molecule has 8 nitrogen and oxygen atoms in total. The van der Waals surface area contributed by atoms with E-state index in [2.05, 4.69) is 20.1 Å². The van der Waals surface area contributed by atoms with E-state index in [0.717, 1.165) is 24.3 Å². The maximum absolute atomic E-state index is 12.8. The number of benzene rings is 1. The highest BCUT2D eigenvalue weighted by Crippen LogP contribution is 2.20. The monoisotopic (exact) mass is 433 g/mol. The molecule has 1 aliphatic rings. The number of carbonyl (C=O) groups excluding carboxylic acids is 1. The highest BCUT2D eigenvalue weighted by molar-refractivity contribution is 6.29. The number of anilines is 1. The number of halogens is 1. The third-order valence-electron chi connectivity index (χ3n) is 5.36. The summed E-state index contributed by atoms with van der Waals surface area (Å²) >= 11 is 5.84. The highest BCUT2D eigenvalue weighted by Gasteiger charge is 2.22. The van der Waals surface area contributed by atoms with Crippen LogP contribution in [-0.2, 0) is 0 Å². The lowest BCUT2D eigenvalue weighted by molar-refractivity contribution is 0.0766. The zero-order chi connectivity index (χ0) is 21.2. The summed E-state index contributed by atoms with van der Waals surface area (Å²) in [6, 6.07) is 17.1. The molecule has 1 aliphatic heterocycles. The molecule has 0 unspecified atom stereocenters. The number of aromatic nitrogens is 5. The van der Waals surface area contributed by atoms with Gasteiger partial charge in [-0.2, -0.15) is 4.52 Å². The van der Waals surface area contributed by atoms with E-state index in [-0.39, 0.29) is 5.91 Å². The van der Waals surface area contributed by atoms with Gasteiger partial charge in [0.1, 0.15) is 11.0 Å². The summed E-state index contributed by atoms with van der Waals surface area (Å²) in [5.74, 6) is 1.52. The molecule has 1 saturated heterocycles. The van der Waals surface area contributed by atoms with Crippen LogP contribution in [0.1, 0.15) is 16.8 Å². The van der Waals surface area contributed by atoms with E-state index in [1.165, 1.54) is 6.20 Å². The Morgan fingerprint density at radius 3 is 2.58 bits per heavy atom. The lowest BCUT2D eigenvalue weighted by Gasteiger charge is -2.22. The number of rotatable bonds is 3. The molecule has 1 fully saturated rings. The first kappa shape index (κ1) is 19.4. The van der Waals surface area contributed by atoms with Gasteiger partial charge in [-0.25, -0.2) is 4.98 Å². The number of hydrogen-bond acceptors (Lipinski definition) is 6. The van der Waals surface area contributed by atoms with Crippen molar-refractivity contribution >= 4 is 29.0 Å². The minimum atomic E-state index is -0.0281. The molecule has 4 aromatic rings. The van der Waals surface area contributed by atoms with Crippen molar-refractivity contribution in [1.29, 1.82) is 0 Å². The van der Waals surface area contributed by atoms with Crippen molar-refractivity contribution in [2.24, 2.45) is 0 Å². The molecule has 5 rings (SSSR count). The molecular weight excluding hydrogens is 414 g/mol. The number of amides is 1. The van der Waals surface area contributed by atoms with Crippen LogP contribution in [-0.4, -0.2) is 61.8 Å². The van der Waals surface area contributed by atoms with Gasteiger partial charge >= 0.3 is 0 Å². The van der Waals surface area contributed by atoms with Gasteiger partial charge in [0, 0.05) is 37.9 Å². The molecule has 1 aromatic carbocycles. The number of nitrogens with zero attached hydrogens (tertiary/aromatic N) is 7. The van der Waals surface area contributed by atoms with E-state index in [1.54, 1.807) is 16.6 Å². The predicted molar refractivity (Wildman–Crippen MR) is 118 cm³/mol. The van der Waals surface area contributed by atoms with Crippen molar-refractivity contribution < 1.29 is 4.79 Å². The fraction of sp³-hybridized carbons (Fsp3) is 0.227. The summed E-state index contributed by atoms with van der Waals surface area (Å²) in [6.45, 7) is 2.79. The van der Waals surface area contributed by atoms with Crippen LogP contribution in [0.4, 0.5) is 5.82 Å². The fourth-order valence-corrected chi connectivity index (χ4v) is 3.86. The summed E-state index contributed by atoms with van der Waals surface area (Å²) in [5.41, 5.74) is 2.21. The topological polar surface area (TPSA) is 79.5 Å². The van der Waals surface area contributed by atoms with E-state index < -0.39 is 0 Å². The van der Waals surface area contributed by atoms with E-state index in [9.17, 15) is 4.79 Å². The van der Waals surface area contributed by atoms with Crippen LogP contribution in [0, 0.1) is 0 Å². The average Bonchev–Trinajstić information content (AvgIpc) is 3.07. The molecule has 31 heavy (non-hydrogen) atoms. The summed E-state index contributed by atoms with van der Waals surface area (Å²) in [4.78, 5) is 20.9. The van der Waals surface area contributed by atoms with Crippen LogP contribution in [0.3, 0.4) is 0 Å². The first-order valence-electron chi connectivity index (χ1n) is 10.1. The Morgan fingerprint density at radius 1 is 0.903 bits per heavy atom. The van der Waals surface area contributed by atoms with Crippen molar-refractivity contribution in [3.8, 4) is 11.4 Å². The molecule has 4 heterocycles. The lowest BCUT2D eigenvalue weighted by atomic mass is 10.2. The SMILES string of the molecule is O=C(c1ccc(Cl)nc1)N1CCCN(c2ccc3nnc(-c4ccccc4)n3n2)CC1. The van der Waals surface area contributed by atoms with Gasteiger partial charge in [0.2, 0.25) is 0 Å². The molecule has 0 aliphatic carbocycles. The Kier molecular flexibility index (Phi) is 5.21. The van der Waals surface area contributed by atoms with Gasteiger partial charge in [0.25, 0.3) is 5.91 Å². The van der Waals surface area contributed by atoms with E-state index in [4.69, 9.17) is 16.7 Å². The molecule has 9 heteroatoms. The summed E-state index contributed by atoms with van der Waals surface area (Å²) in [7, 11) is 0. The van der Waals surface area contributed by atoms with Crippen molar-refractivity contribution in [1.82, 2.24) is 29.7 Å². The first-order chi connectivity index (χ1) is 15.2. The third-order valence-corrected chi connectivity index (χ3v) is 5.59. The zero-order valence-corrected chi connectivity index (χ0v) is 17.5. The summed E-state index contributed by atoms with van der Waals surface area (Å²) < 4.78 is 1.78. The molecule has 0 N–H and O–H groups in total. The number of hydrogen-bond donors (Lipinski definition) is 0. The quantitative estimate of drug-likeness (QED) is 0.462. The van der Waals surface area contributed by atoms with Gasteiger partial charge in [0.15, 0.2) is 11.5 Å². The van der Waals surface area contributed by atoms with Gasteiger partial charge in [0.05, 0.1) is 5.56 Å². The number of fused-ring (bicyclic) bond motifs is 1. The van der Waals surface area contributed by atoms with Crippen molar-refractivity contribution in [2.75, 3.05) is 31.1 Å². The van der Waals surface area contributed by atoms with Gasteiger partial charge in [-0.1, -0.05) is 41.9 Å². The van der Waals surface area contributed by atoms with Crippen LogP contribution in [0.2, 0.25) is 5.15 Å². The van der Waals surface area contributed by atoms with Crippen LogP contribution < -0.4 is 4.90 Å². The van der Waals surface area contributed by atoms with E-state index in [0.29, 0.717) is 41.8 Å². The standard InChI is InChI=1S/C22H20ClN7O/c23-18-8-7-17(15-24-18)22(31)29-12-4-11-28(13-14-29)20-10-9-19-25-26-21(30(19)27-20)16-5-2-1-3-6-16/h1-3,5-10,15H,4,11-14H2. The van der Waals surface area contributed by atoms with Crippen LogP contribution in [0.25, 0.3) is 17.0 Å². The number of pyridine rings is 1. The first-order valence-corrected chi connectivity index (χ1v) is 10.5. The maximum atomic E-state index is 12.8. The van der Waals surface area contributed by atoms with Crippen LogP contribution in [0.5, 0.6) is 0 Å². The Morgan fingerprint density at radius 2 is 1.77 bits per heavy atom. The Labute approximate surface area is 184 Å². The largest absolute Gasteiger partial charge is 0.353 e. The summed E-state index contributed by atoms with van der Waals surface area (Å²) in [6.07, 6.45) is 2.38. The second-order valence-electron chi connectivity index (χ2n) is 7.35. The molecule has 0 saturated carbocycles. The predicted octanol–water partition coefficient (Wildman–Crippen LogP) is 3.19. The molecule has 0 atom stereocenters. The molecular formula is C22H20ClN7O. The zero-order valence-electron chi connectivity index (χ0n) is 16.7. The van der Waals surface area contributed by atoms with Gasteiger partial charge < -0.3 is 9.80 Å². The number of carbonyl (C=O) groups is 1. The lowest BCUT2D eigenvalue weighted by Crippen LogP contribution is -2.35. The molecule has 0 bridgehead atoms. The van der Waals surface area contributed by atoms with Crippen molar-refractivity contribution in [3.63, 3.8) is 0 Å². The van der Waals surface area contributed by atoms with E-state index in [1.807, 2.05) is 47.4 Å². The molecule has 3 aromatic heterocycles. The van der Waals surface area contributed by atoms with Crippen LogP contribution in [0.15, 0.2) is 60.8 Å². The van der Waals surface area contributed by atoms with Crippen LogP contribution >= 0.6 is 11.6 Å². The summed E-state index contributed by atoms with van der Waals surface area (Å²) in [5, 5.41) is 13.7. The van der Waals surface area contributed by atoms with Gasteiger partial charge in [-0.3, -0.25) is 4.79 Å². The fourth-order valence-electron chi connectivity index (χ4n) is 3.75. The van der Waals surface area contributed by atoms with Crippen molar-refractivity contribution in [3.05, 3.63) is 71.5 Å². The molecule has 1 amide bonds. The maximum Gasteiger partial charge on any atom is 0.255 e. The minimum Gasteiger partial charge on any atom is -0.353 e. The normalized spacial score (nSPS) is 14.6. The van der Waals surface area contributed by atoms with Gasteiger partial charge in [-0.15, -0.1) is 15.3 Å². The molecule has 0 radical (unpaired) electrons. The Bertz CT molecular complexity index is 1210. The molecule has 156 valence electrons. The molecule has 0 spiro atoms. The second-order valence-corrected chi connectivity index (χ2v) is 7.74. The van der Waals surface area contributed by atoms with Crippen molar-refractivity contribution in [2.45, 2.75) is 6.42 Å². The van der Waals surface area contributed by atoms with Gasteiger partial charge in [-0.05, 0) is 30.7 Å². The smallest absolute Gasteiger partial charge is 0.255 e. The third kappa shape index (κ3) is 3.94. The average molecular weight is 434 g/mol.